The number of carbonyl (C=O) groups excluding carboxylic acids is 1. The Balaban J connectivity index is 1.27. The summed E-state index contributed by atoms with van der Waals surface area (Å²) in [5, 5.41) is 6.08. The summed E-state index contributed by atoms with van der Waals surface area (Å²) < 4.78 is 11.8. The number of hydrogen-bond donors (Lipinski definition) is 2. The number of aromatic nitrogens is 2. The number of amides is 2. The Labute approximate surface area is 204 Å². The fraction of sp³-hybridized carbons (Fsp3) is 0.400. The number of likely N-dealkylation sites (tertiary alicyclic amines) is 1. The van der Waals surface area contributed by atoms with Gasteiger partial charge in [0.1, 0.15) is 17.7 Å². The number of carbonyl (C=O) groups is 1. The predicted molar refractivity (Wildman–Crippen MR) is 136 cm³/mol. The third-order valence-electron chi connectivity index (χ3n) is 5.47. The summed E-state index contributed by atoms with van der Waals surface area (Å²) >= 11 is 1.36. The summed E-state index contributed by atoms with van der Waals surface area (Å²) in [5.74, 6) is 2.14. The molecule has 2 aromatic heterocycles. The second-order valence-corrected chi connectivity index (χ2v) is 10.3. The minimum absolute atomic E-state index is 0.0434. The maximum absolute atomic E-state index is 12.4. The van der Waals surface area contributed by atoms with E-state index in [1.807, 2.05) is 30.3 Å². The summed E-state index contributed by atoms with van der Waals surface area (Å²) in [6.45, 7) is 10.4. The fourth-order valence-electron chi connectivity index (χ4n) is 3.54. The molecular weight excluding hydrogens is 450 g/mol. The number of urea groups is 1. The van der Waals surface area contributed by atoms with Crippen LogP contribution >= 0.6 is 11.3 Å². The van der Waals surface area contributed by atoms with E-state index in [0.29, 0.717) is 16.7 Å². The van der Waals surface area contributed by atoms with E-state index < -0.39 is 0 Å². The summed E-state index contributed by atoms with van der Waals surface area (Å²) in [4.78, 5) is 24.1. The third-order valence-corrected chi connectivity index (χ3v) is 6.35. The van der Waals surface area contributed by atoms with Crippen molar-refractivity contribution >= 4 is 40.3 Å². The average molecular weight is 482 g/mol. The van der Waals surface area contributed by atoms with E-state index >= 15 is 0 Å². The van der Waals surface area contributed by atoms with Crippen molar-refractivity contribution in [3.8, 4) is 5.75 Å². The summed E-state index contributed by atoms with van der Waals surface area (Å²) in [5.41, 5.74) is 0.585. The highest BCUT2D eigenvalue weighted by molar-refractivity contribution is 7.16. The van der Waals surface area contributed by atoms with Crippen LogP contribution in [0.1, 0.15) is 57.1 Å². The molecule has 1 aliphatic heterocycles. The molecule has 1 atom stereocenters. The molecule has 2 amide bonds. The molecule has 1 saturated heterocycles. The molecule has 0 saturated carbocycles. The van der Waals surface area contributed by atoms with Gasteiger partial charge in [-0.1, -0.05) is 32.1 Å². The highest BCUT2D eigenvalue weighted by Gasteiger charge is 2.19. The molecule has 8 nitrogen and oxygen atoms in total. The molecular formula is C25H31N5O3S. The number of anilines is 2. The van der Waals surface area contributed by atoms with Crippen LogP contribution in [0.15, 0.2) is 41.1 Å². The van der Waals surface area contributed by atoms with Crippen LogP contribution in [0.4, 0.5) is 15.6 Å². The van der Waals surface area contributed by atoms with Gasteiger partial charge >= 0.3 is 6.03 Å². The van der Waals surface area contributed by atoms with Crippen molar-refractivity contribution in [2.24, 2.45) is 0 Å². The molecule has 0 bridgehead atoms. The molecule has 1 aliphatic rings. The summed E-state index contributed by atoms with van der Waals surface area (Å²) in [6.07, 6.45) is 9.59. The van der Waals surface area contributed by atoms with Crippen molar-refractivity contribution in [1.29, 1.82) is 0 Å². The van der Waals surface area contributed by atoms with Crippen LogP contribution < -0.4 is 15.4 Å². The molecule has 9 heteroatoms. The van der Waals surface area contributed by atoms with E-state index in [1.165, 1.54) is 24.2 Å². The highest BCUT2D eigenvalue weighted by Crippen LogP contribution is 2.25. The molecule has 180 valence electrons. The van der Waals surface area contributed by atoms with Crippen molar-refractivity contribution in [3.05, 3.63) is 53.2 Å². The number of ether oxygens (including phenoxy) is 1. The van der Waals surface area contributed by atoms with Gasteiger partial charge in [-0.2, -0.15) is 0 Å². The van der Waals surface area contributed by atoms with Crippen LogP contribution in [-0.2, 0) is 5.41 Å². The quantitative estimate of drug-likeness (QED) is 0.426. The number of benzene rings is 1. The highest BCUT2D eigenvalue weighted by atomic mass is 32.1. The van der Waals surface area contributed by atoms with E-state index in [9.17, 15) is 4.79 Å². The Kier molecular flexibility index (Phi) is 7.33. The van der Waals surface area contributed by atoms with E-state index in [1.54, 1.807) is 18.5 Å². The van der Waals surface area contributed by atoms with E-state index in [2.05, 4.69) is 53.2 Å². The van der Waals surface area contributed by atoms with Gasteiger partial charge in [0.05, 0.1) is 6.20 Å². The zero-order chi connectivity index (χ0) is 24.1. The van der Waals surface area contributed by atoms with Gasteiger partial charge in [0.2, 0.25) is 5.89 Å². The van der Waals surface area contributed by atoms with Crippen LogP contribution in [0.25, 0.3) is 12.2 Å². The van der Waals surface area contributed by atoms with Crippen LogP contribution in [0.5, 0.6) is 5.75 Å². The van der Waals surface area contributed by atoms with E-state index in [0.717, 1.165) is 29.5 Å². The lowest BCUT2D eigenvalue weighted by Gasteiger charge is -2.24. The first-order chi connectivity index (χ1) is 16.3. The Morgan fingerprint density at radius 2 is 1.85 bits per heavy atom. The first-order valence-electron chi connectivity index (χ1n) is 11.5. The molecule has 4 rings (SSSR count). The van der Waals surface area contributed by atoms with Crippen molar-refractivity contribution in [1.82, 2.24) is 14.9 Å². The standard InChI is InChI=1S/C25H31N5O3S/c1-17(30-13-5-6-14-30)32-19-9-7-18(8-10-19)28-23(31)29-24-27-15-20(34-24)11-12-22-26-16-21(33-22)25(2,3)4/h7-12,15-17H,5-6,13-14H2,1-4H3,(H2,27,28,29,31). The largest absolute Gasteiger partial charge is 0.475 e. The number of nitrogens with one attached hydrogen (secondary N) is 2. The SMILES string of the molecule is CC(Oc1ccc(NC(=O)Nc2ncc(C=Cc3ncc(C(C)(C)C)o3)s2)cc1)N1CCCC1. The predicted octanol–water partition coefficient (Wildman–Crippen LogP) is 6.06. The lowest BCUT2D eigenvalue weighted by Crippen LogP contribution is -2.34. The zero-order valence-corrected chi connectivity index (χ0v) is 20.8. The van der Waals surface area contributed by atoms with Gasteiger partial charge in [-0.05, 0) is 50.1 Å². The van der Waals surface area contributed by atoms with Crippen molar-refractivity contribution < 1.29 is 13.9 Å². The number of nitrogens with zero attached hydrogens (tertiary/aromatic N) is 3. The maximum atomic E-state index is 12.4. The third kappa shape index (κ3) is 6.45. The Bertz CT molecular complexity index is 1120. The Morgan fingerprint density at radius 1 is 1.12 bits per heavy atom. The zero-order valence-electron chi connectivity index (χ0n) is 20.0. The lowest BCUT2D eigenvalue weighted by molar-refractivity contribution is 0.0592. The molecule has 1 unspecified atom stereocenters. The molecule has 34 heavy (non-hydrogen) atoms. The smallest absolute Gasteiger partial charge is 0.325 e. The van der Waals surface area contributed by atoms with Crippen LogP contribution in [0.2, 0.25) is 0 Å². The molecule has 0 spiro atoms. The Hall–Kier alpha value is -3.17. The fourth-order valence-corrected chi connectivity index (χ4v) is 4.25. The van der Waals surface area contributed by atoms with Gasteiger partial charge in [-0.3, -0.25) is 10.2 Å². The molecule has 0 aliphatic carbocycles. The van der Waals surface area contributed by atoms with E-state index in [4.69, 9.17) is 9.15 Å². The molecule has 3 heterocycles. The van der Waals surface area contributed by atoms with Crippen LogP contribution in [0.3, 0.4) is 0 Å². The second kappa shape index (κ2) is 10.4. The van der Waals surface area contributed by atoms with Gasteiger partial charge in [-0.15, -0.1) is 0 Å². The second-order valence-electron chi connectivity index (χ2n) is 9.28. The minimum Gasteiger partial charge on any atom is -0.475 e. The van der Waals surface area contributed by atoms with Crippen LogP contribution in [-0.4, -0.2) is 40.2 Å². The topological polar surface area (TPSA) is 92.5 Å². The Morgan fingerprint density at radius 3 is 2.53 bits per heavy atom. The first-order valence-corrected chi connectivity index (χ1v) is 12.3. The molecule has 3 aromatic rings. The van der Waals surface area contributed by atoms with Crippen molar-refractivity contribution in [2.45, 2.75) is 52.2 Å². The lowest BCUT2D eigenvalue weighted by atomic mass is 9.94. The maximum Gasteiger partial charge on any atom is 0.325 e. The molecule has 0 radical (unpaired) electrons. The van der Waals surface area contributed by atoms with Gasteiger partial charge in [0.15, 0.2) is 5.13 Å². The van der Waals surface area contributed by atoms with Crippen molar-refractivity contribution in [3.63, 3.8) is 0 Å². The first kappa shape index (κ1) is 24.0. The van der Waals surface area contributed by atoms with Crippen molar-refractivity contribution in [2.75, 3.05) is 23.7 Å². The molecule has 1 aromatic carbocycles. The number of rotatable bonds is 7. The molecule has 2 N–H and O–H groups in total. The monoisotopic (exact) mass is 481 g/mol. The van der Waals surface area contributed by atoms with Gasteiger partial charge in [-0.25, -0.2) is 14.8 Å². The summed E-state index contributed by atoms with van der Waals surface area (Å²) in [7, 11) is 0. The number of thiazole rings is 1. The van der Waals surface area contributed by atoms with Gasteiger partial charge in [0, 0.05) is 41.3 Å². The van der Waals surface area contributed by atoms with Gasteiger partial charge < -0.3 is 14.5 Å². The van der Waals surface area contributed by atoms with Crippen LogP contribution in [0, 0.1) is 0 Å². The molecule has 1 fully saturated rings. The number of oxazole rings is 1. The number of hydrogen-bond acceptors (Lipinski definition) is 7. The van der Waals surface area contributed by atoms with E-state index in [-0.39, 0.29) is 17.7 Å². The van der Waals surface area contributed by atoms with Gasteiger partial charge in [0.25, 0.3) is 0 Å². The summed E-state index contributed by atoms with van der Waals surface area (Å²) in [6, 6.07) is 7.02. The minimum atomic E-state index is -0.355. The normalized spacial score (nSPS) is 15.5. The average Bonchev–Trinajstić information content (AvgIpc) is 3.55.